The van der Waals surface area contributed by atoms with Crippen LogP contribution in [0.3, 0.4) is 0 Å². The van der Waals surface area contributed by atoms with Crippen molar-refractivity contribution in [2.24, 2.45) is 0 Å². The highest BCUT2D eigenvalue weighted by atomic mass is 35.5. The summed E-state index contributed by atoms with van der Waals surface area (Å²) in [5.74, 6) is 0. The van der Waals surface area contributed by atoms with Crippen LogP contribution in [-0.4, -0.2) is 61.9 Å². The third-order valence-electron chi connectivity index (χ3n) is 6.10. The Labute approximate surface area is 206 Å². The predicted octanol–water partition coefficient (Wildman–Crippen LogP) is 4.87. The highest BCUT2D eigenvalue weighted by molar-refractivity contribution is 6.76. The number of pyridine rings is 2. The van der Waals surface area contributed by atoms with Crippen LogP contribution in [0.1, 0.15) is 17.7 Å². The first-order chi connectivity index (χ1) is 16.2. The minimum absolute atomic E-state index is 0.338. The van der Waals surface area contributed by atoms with Gasteiger partial charge in [0.25, 0.3) is 0 Å². The minimum Gasteiger partial charge on any atom is -0.380 e. The highest BCUT2D eigenvalue weighted by Gasteiger charge is 2.39. The first kappa shape index (κ1) is 25.2. The lowest BCUT2D eigenvalue weighted by molar-refractivity contribution is -0.0246. The molecule has 1 aliphatic heterocycles. The van der Waals surface area contributed by atoms with E-state index in [2.05, 4.69) is 24.6 Å². The van der Waals surface area contributed by atoms with Gasteiger partial charge in [0.2, 0.25) is 0 Å². The first-order valence-electron chi connectivity index (χ1n) is 11.5. The summed E-state index contributed by atoms with van der Waals surface area (Å²) in [4.78, 5) is 9.27. The molecule has 10 heteroatoms. The molecular weight excluding hydrogens is 472 g/mol. The molecule has 0 aromatic carbocycles. The topological polar surface area (TPSA) is 80.5 Å². The van der Waals surface area contributed by atoms with E-state index in [-0.39, 0.29) is 0 Å². The van der Waals surface area contributed by atoms with Crippen molar-refractivity contribution in [1.82, 2.24) is 19.7 Å². The van der Waals surface area contributed by atoms with Gasteiger partial charge in [0.1, 0.15) is 23.2 Å². The van der Waals surface area contributed by atoms with Crippen LogP contribution in [0, 0.1) is 0 Å². The highest BCUT2D eigenvalue weighted by Crippen LogP contribution is 2.36. The molecule has 184 valence electrons. The summed E-state index contributed by atoms with van der Waals surface area (Å²) < 4.78 is 24.8. The fourth-order valence-corrected chi connectivity index (χ4v) is 4.98. The average molecular weight is 505 g/mol. The van der Waals surface area contributed by atoms with Crippen molar-refractivity contribution >= 4 is 30.6 Å². The molecule has 0 amide bonds. The number of fused-ring (bicyclic) bond motifs is 1. The Morgan fingerprint density at radius 3 is 2.71 bits per heavy atom. The number of hydrogen-bond donors (Lipinski definition) is 0. The van der Waals surface area contributed by atoms with Gasteiger partial charge in [0, 0.05) is 47.3 Å². The van der Waals surface area contributed by atoms with Gasteiger partial charge in [-0.3, -0.25) is 0 Å². The number of methoxy groups -OCH3 is 2. The molecule has 0 N–H and O–H groups in total. The van der Waals surface area contributed by atoms with Crippen LogP contribution in [0.25, 0.3) is 22.3 Å². The quantitative estimate of drug-likeness (QED) is 0.221. The van der Waals surface area contributed by atoms with E-state index in [1.807, 2.05) is 22.9 Å². The number of halogens is 1. The van der Waals surface area contributed by atoms with E-state index < -0.39 is 13.7 Å². The molecule has 1 saturated heterocycles. The summed E-state index contributed by atoms with van der Waals surface area (Å²) in [5.41, 5.74) is 3.50. The van der Waals surface area contributed by atoms with Gasteiger partial charge in [0.15, 0.2) is 0 Å². The predicted molar refractivity (Wildman–Crippen MR) is 135 cm³/mol. The van der Waals surface area contributed by atoms with Crippen LogP contribution in [0.2, 0.25) is 30.8 Å². The van der Waals surface area contributed by atoms with Crippen LogP contribution >= 0.6 is 11.6 Å². The van der Waals surface area contributed by atoms with Crippen LogP contribution in [0.15, 0.2) is 24.4 Å². The normalized spacial score (nSPS) is 18.8. The van der Waals surface area contributed by atoms with Crippen molar-refractivity contribution in [2.45, 2.75) is 51.0 Å². The second kappa shape index (κ2) is 10.4. The van der Waals surface area contributed by atoms with E-state index in [1.165, 1.54) is 0 Å². The van der Waals surface area contributed by atoms with Gasteiger partial charge < -0.3 is 18.9 Å². The van der Waals surface area contributed by atoms with E-state index >= 15 is 0 Å². The van der Waals surface area contributed by atoms with Crippen LogP contribution in [0.4, 0.5) is 0 Å². The SMILES string of the molecule is COCc1cc(-c2nn(COCC[Si](C)(C)C)c3cnc(Cl)cc23)nc(C2(OC)CCOC2)c1. The largest absolute Gasteiger partial charge is 0.380 e. The van der Waals surface area contributed by atoms with Crippen molar-refractivity contribution in [1.29, 1.82) is 0 Å². The zero-order valence-corrected chi connectivity index (χ0v) is 22.3. The monoisotopic (exact) mass is 504 g/mol. The summed E-state index contributed by atoms with van der Waals surface area (Å²) in [7, 11) is 2.20. The van der Waals surface area contributed by atoms with E-state index in [0.717, 1.165) is 46.0 Å². The Hall–Kier alpha value is -1.88. The molecule has 4 heterocycles. The zero-order chi connectivity index (χ0) is 24.3. The molecule has 1 fully saturated rings. The maximum atomic E-state index is 6.27. The van der Waals surface area contributed by atoms with Gasteiger partial charge >= 0.3 is 0 Å². The van der Waals surface area contributed by atoms with E-state index in [0.29, 0.717) is 38.3 Å². The Morgan fingerprint density at radius 2 is 2.03 bits per heavy atom. The van der Waals surface area contributed by atoms with E-state index in [1.54, 1.807) is 20.4 Å². The Morgan fingerprint density at radius 1 is 1.21 bits per heavy atom. The van der Waals surface area contributed by atoms with Gasteiger partial charge in [-0.2, -0.15) is 5.10 Å². The van der Waals surface area contributed by atoms with Crippen molar-refractivity contribution < 1.29 is 18.9 Å². The molecule has 4 rings (SSSR count). The van der Waals surface area contributed by atoms with Crippen LogP contribution in [0.5, 0.6) is 0 Å². The van der Waals surface area contributed by atoms with Gasteiger partial charge in [-0.15, -0.1) is 0 Å². The molecule has 0 aliphatic carbocycles. The Bertz CT molecular complexity index is 1140. The summed E-state index contributed by atoms with van der Waals surface area (Å²) in [6.07, 6.45) is 2.47. The van der Waals surface area contributed by atoms with E-state index in [9.17, 15) is 0 Å². The lowest BCUT2D eigenvalue weighted by atomic mass is 9.95. The number of hydrogen-bond acceptors (Lipinski definition) is 7. The maximum absolute atomic E-state index is 6.27. The van der Waals surface area contributed by atoms with Crippen molar-refractivity contribution in [3.8, 4) is 11.4 Å². The Kier molecular flexibility index (Phi) is 7.71. The fourth-order valence-electron chi connectivity index (χ4n) is 4.07. The van der Waals surface area contributed by atoms with Crippen molar-refractivity contribution in [2.75, 3.05) is 34.0 Å². The molecule has 1 unspecified atom stereocenters. The lowest BCUT2D eigenvalue weighted by Crippen LogP contribution is -2.30. The molecule has 1 aliphatic rings. The van der Waals surface area contributed by atoms with Gasteiger partial charge in [0.05, 0.1) is 36.3 Å². The second-order valence-electron chi connectivity index (χ2n) is 9.90. The number of rotatable bonds is 10. The standard InChI is InChI=1S/C24H33ClN4O4Si/c1-30-14-17-10-19(27-21(11-17)24(31-2)6-7-32-15-24)23-18-12-22(25)26-13-20(18)29(28-23)16-33-8-9-34(3,4)5/h10-13H,6-9,14-16H2,1-5H3. The summed E-state index contributed by atoms with van der Waals surface area (Å²) >= 11 is 6.27. The maximum Gasteiger partial charge on any atom is 0.140 e. The van der Waals surface area contributed by atoms with Crippen molar-refractivity contribution in [3.05, 3.63) is 40.8 Å². The molecule has 34 heavy (non-hydrogen) atoms. The molecule has 1 atom stereocenters. The third kappa shape index (κ3) is 5.50. The molecule has 3 aromatic heterocycles. The number of ether oxygens (including phenoxy) is 4. The molecule has 8 nitrogen and oxygen atoms in total. The summed E-state index contributed by atoms with van der Waals surface area (Å²) in [5, 5.41) is 6.15. The molecule has 0 bridgehead atoms. The smallest absolute Gasteiger partial charge is 0.140 e. The lowest BCUT2D eigenvalue weighted by Gasteiger charge is -2.26. The molecular formula is C24H33ClN4O4Si. The van der Waals surface area contributed by atoms with E-state index in [4.69, 9.17) is 40.6 Å². The second-order valence-corrected chi connectivity index (χ2v) is 15.9. The molecule has 0 saturated carbocycles. The Balaban J connectivity index is 1.75. The average Bonchev–Trinajstić information content (AvgIpc) is 3.42. The molecule has 0 spiro atoms. The van der Waals surface area contributed by atoms with Crippen LogP contribution < -0.4 is 0 Å². The number of aromatic nitrogens is 4. The summed E-state index contributed by atoms with van der Waals surface area (Å²) in [6.45, 7) is 9.59. The minimum atomic E-state index is -1.18. The van der Waals surface area contributed by atoms with Gasteiger partial charge in [-0.05, 0) is 29.8 Å². The van der Waals surface area contributed by atoms with Gasteiger partial charge in [-0.1, -0.05) is 31.2 Å². The van der Waals surface area contributed by atoms with Crippen LogP contribution in [-0.2, 0) is 37.9 Å². The molecule has 3 aromatic rings. The fraction of sp³-hybridized carbons (Fsp3) is 0.542. The first-order valence-corrected chi connectivity index (χ1v) is 15.6. The van der Waals surface area contributed by atoms with Crippen molar-refractivity contribution in [3.63, 3.8) is 0 Å². The summed E-state index contributed by atoms with van der Waals surface area (Å²) in [6, 6.07) is 6.94. The number of nitrogens with zero attached hydrogens (tertiary/aromatic N) is 4. The molecule has 0 radical (unpaired) electrons. The zero-order valence-electron chi connectivity index (χ0n) is 20.6. The van der Waals surface area contributed by atoms with Gasteiger partial charge in [-0.25, -0.2) is 14.6 Å². The third-order valence-corrected chi connectivity index (χ3v) is 8.01.